The van der Waals surface area contributed by atoms with Crippen molar-refractivity contribution < 1.29 is 9.18 Å². The predicted molar refractivity (Wildman–Crippen MR) is 137 cm³/mol. The second-order valence-electron chi connectivity index (χ2n) is 9.52. The summed E-state index contributed by atoms with van der Waals surface area (Å²) in [6, 6.07) is 12.9. The summed E-state index contributed by atoms with van der Waals surface area (Å²) in [5.74, 6) is -0.0411. The SMILES string of the molecule is Cc1ccc(C)c(N2CCN(C(=O)CN3CC=C(c4cnn(-c5ccc(F)cc5)c4)CC3)CC2)c1. The van der Waals surface area contributed by atoms with Gasteiger partial charge in [0.05, 0.1) is 18.4 Å². The van der Waals surface area contributed by atoms with Crippen molar-refractivity contribution in [3.8, 4) is 5.69 Å². The molecule has 0 saturated carbocycles. The average molecular weight is 474 g/mol. The van der Waals surface area contributed by atoms with Crippen LogP contribution in [0.4, 0.5) is 10.1 Å². The average Bonchev–Trinajstić information content (AvgIpc) is 3.37. The highest BCUT2D eigenvalue weighted by Gasteiger charge is 2.24. The van der Waals surface area contributed by atoms with Gasteiger partial charge in [-0.25, -0.2) is 9.07 Å². The number of amides is 1. The summed E-state index contributed by atoms with van der Waals surface area (Å²) >= 11 is 0. The van der Waals surface area contributed by atoms with Gasteiger partial charge < -0.3 is 9.80 Å². The molecule has 2 aromatic carbocycles. The van der Waals surface area contributed by atoms with Crippen LogP contribution in [-0.4, -0.2) is 71.3 Å². The van der Waals surface area contributed by atoms with Gasteiger partial charge in [0.25, 0.3) is 0 Å². The van der Waals surface area contributed by atoms with Crippen LogP contribution in [0.25, 0.3) is 11.3 Å². The minimum absolute atomic E-state index is 0.214. The van der Waals surface area contributed by atoms with E-state index in [1.165, 1.54) is 34.5 Å². The molecule has 0 spiro atoms. The molecule has 6 nitrogen and oxygen atoms in total. The summed E-state index contributed by atoms with van der Waals surface area (Å²) in [4.78, 5) is 19.6. The number of carbonyl (C=O) groups excluding carboxylic acids is 1. The number of hydrogen-bond acceptors (Lipinski definition) is 4. The molecule has 182 valence electrons. The number of halogens is 1. The molecule has 7 heteroatoms. The van der Waals surface area contributed by atoms with Gasteiger partial charge in [-0.3, -0.25) is 9.69 Å². The van der Waals surface area contributed by atoms with Crippen molar-refractivity contribution in [1.82, 2.24) is 19.6 Å². The van der Waals surface area contributed by atoms with Crippen LogP contribution in [0.5, 0.6) is 0 Å². The summed E-state index contributed by atoms with van der Waals surface area (Å²) in [6.45, 7) is 9.62. The molecule has 0 N–H and O–H groups in total. The number of nitrogens with zero attached hydrogens (tertiary/aromatic N) is 5. The Morgan fingerprint density at radius 1 is 1.00 bits per heavy atom. The molecule has 2 aliphatic rings. The van der Waals surface area contributed by atoms with Gasteiger partial charge in [-0.2, -0.15) is 5.10 Å². The lowest BCUT2D eigenvalue weighted by Crippen LogP contribution is -2.51. The van der Waals surface area contributed by atoms with Crippen LogP contribution < -0.4 is 4.90 Å². The number of hydrogen-bond donors (Lipinski definition) is 0. The highest BCUT2D eigenvalue weighted by Crippen LogP contribution is 2.24. The fourth-order valence-electron chi connectivity index (χ4n) is 4.89. The van der Waals surface area contributed by atoms with Crippen LogP contribution in [-0.2, 0) is 4.79 Å². The molecule has 0 atom stereocenters. The van der Waals surface area contributed by atoms with Crippen molar-refractivity contribution in [3.63, 3.8) is 0 Å². The van der Waals surface area contributed by atoms with Gasteiger partial charge in [0, 0.05) is 56.7 Å². The number of benzene rings is 2. The predicted octanol–water partition coefficient (Wildman–Crippen LogP) is 4.07. The van der Waals surface area contributed by atoms with E-state index in [9.17, 15) is 9.18 Å². The van der Waals surface area contributed by atoms with E-state index in [2.05, 4.69) is 53.0 Å². The van der Waals surface area contributed by atoms with Crippen molar-refractivity contribution in [2.75, 3.05) is 50.7 Å². The molecule has 0 unspecified atom stereocenters. The van der Waals surface area contributed by atoms with E-state index in [1.807, 2.05) is 17.3 Å². The molecule has 1 aromatic heterocycles. The summed E-state index contributed by atoms with van der Waals surface area (Å²) < 4.78 is 15.0. The number of aromatic nitrogens is 2. The molecule has 3 aromatic rings. The third-order valence-electron chi connectivity index (χ3n) is 7.03. The smallest absolute Gasteiger partial charge is 0.236 e. The van der Waals surface area contributed by atoms with E-state index in [4.69, 9.17) is 0 Å². The maximum absolute atomic E-state index is 13.2. The standard InChI is InChI=1S/C28H32FN5O/c1-21-3-4-22(2)27(17-21)32-13-15-33(16-14-32)28(35)20-31-11-9-23(10-12-31)24-18-30-34(19-24)26-7-5-25(29)6-8-26/h3-9,17-19H,10-16,20H2,1-2H3. The van der Waals surface area contributed by atoms with Crippen molar-refractivity contribution in [3.05, 3.63) is 83.4 Å². The van der Waals surface area contributed by atoms with Crippen LogP contribution >= 0.6 is 0 Å². The first-order valence-corrected chi connectivity index (χ1v) is 12.3. The lowest BCUT2D eigenvalue weighted by molar-refractivity contribution is -0.132. The number of anilines is 1. The van der Waals surface area contributed by atoms with Crippen molar-refractivity contribution in [2.24, 2.45) is 0 Å². The Bertz CT molecular complexity index is 1220. The minimum Gasteiger partial charge on any atom is -0.368 e. The minimum atomic E-state index is -0.256. The summed E-state index contributed by atoms with van der Waals surface area (Å²) in [7, 11) is 0. The lowest BCUT2D eigenvalue weighted by atomic mass is 10.0. The van der Waals surface area contributed by atoms with Crippen molar-refractivity contribution in [2.45, 2.75) is 20.3 Å². The van der Waals surface area contributed by atoms with Gasteiger partial charge in [-0.05, 0) is 67.3 Å². The third kappa shape index (κ3) is 5.30. The van der Waals surface area contributed by atoms with Crippen LogP contribution in [0.3, 0.4) is 0 Å². The van der Waals surface area contributed by atoms with Crippen molar-refractivity contribution >= 4 is 17.2 Å². The number of aryl methyl sites for hydroxylation is 2. The molecule has 0 radical (unpaired) electrons. The summed E-state index contributed by atoms with van der Waals surface area (Å²) in [5.41, 5.74) is 6.98. The monoisotopic (exact) mass is 473 g/mol. The first-order chi connectivity index (χ1) is 17.0. The second-order valence-corrected chi connectivity index (χ2v) is 9.52. The van der Waals surface area contributed by atoms with E-state index in [1.54, 1.807) is 16.8 Å². The van der Waals surface area contributed by atoms with Gasteiger partial charge in [-0.1, -0.05) is 18.2 Å². The summed E-state index contributed by atoms with van der Waals surface area (Å²) in [5, 5.41) is 4.43. The third-order valence-corrected chi connectivity index (χ3v) is 7.03. The maximum Gasteiger partial charge on any atom is 0.236 e. The molecule has 1 saturated heterocycles. The molecule has 2 aliphatic heterocycles. The molecule has 1 amide bonds. The van der Waals surface area contributed by atoms with Crippen LogP contribution in [0.1, 0.15) is 23.1 Å². The fraction of sp³-hybridized carbons (Fsp3) is 0.357. The lowest BCUT2D eigenvalue weighted by Gasteiger charge is -2.38. The normalized spacial score (nSPS) is 16.9. The first kappa shape index (κ1) is 23.3. The molecule has 1 fully saturated rings. The van der Waals surface area contributed by atoms with E-state index in [0.717, 1.165) is 56.9 Å². The molecule has 3 heterocycles. The van der Waals surface area contributed by atoms with Gasteiger partial charge in [0.2, 0.25) is 5.91 Å². The molecular weight excluding hydrogens is 441 g/mol. The topological polar surface area (TPSA) is 44.6 Å². The van der Waals surface area contributed by atoms with Gasteiger partial charge in [0.15, 0.2) is 0 Å². The van der Waals surface area contributed by atoms with Crippen molar-refractivity contribution in [1.29, 1.82) is 0 Å². The Morgan fingerprint density at radius 2 is 1.77 bits per heavy atom. The number of piperazine rings is 1. The van der Waals surface area contributed by atoms with Gasteiger partial charge >= 0.3 is 0 Å². The molecule has 0 bridgehead atoms. The van der Waals surface area contributed by atoms with Crippen LogP contribution in [0.2, 0.25) is 0 Å². The largest absolute Gasteiger partial charge is 0.368 e. The highest BCUT2D eigenvalue weighted by atomic mass is 19.1. The molecule has 0 aliphatic carbocycles. The van der Waals surface area contributed by atoms with E-state index in [-0.39, 0.29) is 11.7 Å². The number of rotatable bonds is 5. The van der Waals surface area contributed by atoms with E-state index in [0.29, 0.717) is 6.54 Å². The molecule has 35 heavy (non-hydrogen) atoms. The second kappa shape index (κ2) is 10.0. The summed E-state index contributed by atoms with van der Waals surface area (Å²) in [6.07, 6.45) is 6.91. The Hall–Kier alpha value is -3.45. The number of carbonyl (C=O) groups is 1. The molecular formula is C28H32FN5O. The van der Waals surface area contributed by atoms with Gasteiger partial charge in [-0.15, -0.1) is 0 Å². The van der Waals surface area contributed by atoms with E-state index < -0.39 is 0 Å². The van der Waals surface area contributed by atoms with Crippen LogP contribution in [0, 0.1) is 19.7 Å². The van der Waals surface area contributed by atoms with E-state index >= 15 is 0 Å². The Morgan fingerprint density at radius 3 is 2.49 bits per heavy atom. The Kier molecular flexibility index (Phi) is 6.68. The Balaban J connectivity index is 1.13. The zero-order chi connectivity index (χ0) is 24.4. The first-order valence-electron chi connectivity index (χ1n) is 12.3. The quantitative estimate of drug-likeness (QED) is 0.561. The zero-order valence-electron chi connectivity index (χ0n) is 20.5. The van der Waals surface area contributed by atoms with Crippen LogP contribution in [0.15, 0.2) is 60.9 Å². The molecule has 5 rings (SSSR count). The Labute approximate surface area is 206 Å². The maximum atomic E-state index is 13.2. The highest BCUT2D eigenvalue weighted by molar-refractivity contribution is 5.79. The zero-order valence-corrected chi connectivity index (χ0v) is 20.5. The van der Waals surface area contributed by atoms with Gasteiger partial charge in [0.1, 0.15) is 5.82 Å². The fourth-order valence-corrected chi connectivity index (χ4v) is 4.89.